The molecule has 0 saturated carbocycles. The zero-order chi connectivity index (χ0) is 17.5. The average molecular weight is 354 g/mol. The summed E-state index contributed by atoms with van der Waals surface area (Å²) in [5, 5.41) is 4.56. The molecule has 0 amide bonds. The molecule has 130 valence electrons. The Hall–Kier alpha value is -2.37. The highest BCUT2D eigenvalue weighted by Crippen LogP contribution is 2.27. The van der Waals surface area contributed by atoms with Crippen LogP contribution in [0.4, 0.5) is 0 Å². The summed E-state index contributed by atoms with van der Waals surface area (Å²) in [5.41, 5.74) is 2.47. The quantitative estimate of drug-likeness (QED) is 0.617. The van der Waals surface area contributed by atoms with Crippen LogP contribution < -0.4 is 14.8 Å². The molecule has 0 fully saturated rings. The summed E-state index contributed by atoms with van der Waals surface area (Å²) in [6.45, 7) is 1.71. The molecule has 1 N–H and O–H groups in total. The number of hydrogen-bond donors (Lipinski definition) is 1. The second kappa shape index (κ2) is 8.65. The highest BCUT2D eigenvalue weighted by Gasteiger charge is 2.05. The van der Waals surface area contributed by atoms with Gasteiger partial charge in [0.1, 0.15) is 16.5 Å². The minimum atomic E-state index is 0.789. The maximum absolute atomic E-state index is 5.20. The SMILES string of the molecule is COc1ccc(CCNCc2ncc(-c3ccc(OC)cc3)s2)cc1. The van der Waals surface area contributed by atoms with E-state index in [-0.39, 0.29) is 0 Å². The van der Waals surface area contributed by atoms with E-state index in [0.29, 0.717) is 0 Å². The van der Waals surface area contributed by atoms with Gasteiger partial charge in [0, 0.05) is 12.7 Å². The average Bonchev–Trinajstić information content (AvgIpc) is 3.15. The molecule has 0 bridgehead atoms. The lowest BCUT2D eigenvalue weighted by molar-refractivity contribution is 0.414. The summed E-state index contributed by atoms with van der Waals surface area (Å²) < 4.78 is 10.4. The third kappa shape index (κ3) is 4.81. The number of hydrogen-bond acceptors (Lipinski definition) is 5. The van der Waals surface area contributed by atoms with Gasteiger partial charge in [0.25, 0.3) is 0 Å². The van der Waals surface area contributed by atoms with Gasteiger partial charge >= 0.3 is 0 Å². The van der Waals surface area contributed by atoms with Crippen LogP contribution in [0.3, 0.4) is 0 Å². The lowest BCUT2D eigenvalue weighted by Crippen LogP contribution is -2.16. The molecule has 0 spiro atoms. The van der Waals surface area contributed by atoms with Gasteiger partial charge < -0.3 is 14.8 Å². The van der Waals surface area contributed by atoms with Crippen LogP contribution in [0.1, 0.15) is 10.6 Å². The molecule has 0 atom stereocenters. The van der Waals surface area contributed by atoms with Gasteiger partial charge in [-0.15, -0.1) is 11.3 Å². The van der Waals surface area contributed by atoms with Gasteiger partial charge in [0.05, 0.1) is 19.1 Å². The Morgan fingerprint density at radius 1 is 0.920 bits per heavy atom. The maximum Gasteiger partial charge on any atom is 0.118 e. The van der Waals surface area contributed by atoms with Gasteiger partial charge in [-0.1, -0.05) is 12.1 Å². The van der Waals surface area contributed by atoms with Gasteiger partial charge in [0.15, 0.2) is 0 Å². The Balaban J connectivity index is 1.47. The van der Waals surface area contributed by atoms with Crippen molar-refractivity contribution in [3.63, 3.8) is 0 Å². The first-order chi connectivity index (χ1) is 12.3. The van der Waals surface area contributed by atoms with Gasteiger partial charge in [-0.3, -0.25) is 0 Å². The highest BCUT2D eigenvalue weighted by molar-refractivity contribution is 7.15. The van der Waals surface area contributed by atoms with Crippen molar-refractivity contribution in [2.45, 2.75) is 13.0 Å². The van der Waals surface area contributed by atoms with Gasteiger partial charge in [-0.2, -0.15) is 0 Å². The third-order valence-corrected chi connectivity index (χ3v) is 5.00. The van der Waals surface area contributed by atoms with E-state index >= 15 is 0 Å². The zero-order valence-corrected chi connectivity index (χ0v) is 15.3. The minimum Gasteiger partial charge on any atom is -0.497 e. The van der Waals surface area contributed by atoms with Crippen molar-refractivity contribution in [1.29, 1.82) is 0 Å². The van der Waals surface area contributed by atoms with Crippen LogP contribution in [-0.4, -0.2) is 25.7 Å². The fraction of sp³-hybridized carbons (Fsp3) is 0.250. The number of methoxy groups -OCH3 is 2. The van der Waals surface area contributed by atoms with Gasteiger partial charge in [-0.25, -0.2) is 4.98 Å². The summed E-state index contributed by atoms with van der Waals surface area (Å²) >= 11 is 1.72. The van der Waals surface area contributed by atoms with E-state index in [9.17, 15) is 0 Å². The normalized spacial score (nSPS) is 10.6. The molecule has 5 heteroatoms. The topological polar surface area (TPSA) is 43.4 Å². The molecule has 4 nitrogen and oxygen atoms in total. The van der Waals surface area contributed by atoms with Gasteiger partial charge in [0.2, 0.25) is 0 Å². The van der Waals surface area contributed by atoms with Crippen LogP contribution in [0.2, 0.25) is 0 Å². The number of ether oxygens (including phenoxy) is 2. The van der Waals surface area contributed by atoms with Crippen molar-refractivity contribution in [2.24, 2.45) is 0 Å². The summed E-state index contributed by atoms with van der Waals surface area (Å²) in [7, 11) is 3.36. The van der Waals surface area contributed by atoms with Crippen molar-refractivity contribution >= 4 is 11.3 Å². The maximum atomic E-state index is 5.20. The largest absolute Gasteiger partial charge is 0.497 e. The molecule has 1 aromatic heterocycles. The van der Waals surface area contributed by atoms with E-state index in [1.807, 2.05) is 30.5 Å². The first-order valence-electron chi connectivity index (χ1n) is 8.21. The number of thiazole rings is 1. The van der Waals surface area contributed by atoms with Crippen molar-refractivity contribution in [1.82, 2.24) is 10.3 Å². The number of nitrogens with zero attached hydrogens (tertiary/aromatic N) is 1. The second-order valence-corrected chi connectivity index (χ2v) is 6.74. The van der Waals surface area contributed by atoms with Crippen LogP contribution in [-0.2, 0) is 13.0 Å². The van der Waals surface area contributed by atoms with Gasteiger partial charge in [-0.05, 0) is 60.5 Å². The molecule has 0 saturated heterocycles. The van der Waals surface area contributed by atoms with Crippen molar-refractivity contribution in [3.8, 4) is 21.9 Å². The predicted molar refractivity (Wildman–Crippen MR) is 103 cm³/mol. The van der Waals surface area contributed by atoms with E-state index in [4.69, 9.17) is 9.47 Å². The molecular formula is C20H22N2O2S. The number of aromatic nitrogens is 1. The molecular weight excluding hydrogens is 332 g/mol. The Morgan fingerprint density at radius 2 is 1.56 bits per heavy atom. The highest BCUT2D eigenvalue weighted by atomic mass is 32.1. The molecule has 0 aliphatic rings. The Bertz CT molecular complexity index is 782. The molecule has 0 radical (unpaired) electrons. The Morgan fingerprint density at radius 3 is 2.20 bits per heavy atom. The Labute approximate surface area is 152 Å². The molecule has 0 aliphatic carbocycles. The van der Waals surface area contributed by atoms with E-state index in [2.05, 4.69) is 34.6 Å². The molecule has 3 aromatic rings. The van der Waals surface area contributed by atoms with E-state index in [0.717, 1.165) is 36.0 Å². The first kappa shape index (κ1) is 17.5. The summed E-state index contributed by atoms with van der Waals surface area (Å²) in [4.78, 5) is 5.69. The summed E-state index contributed by atoms with van der Waals surface area (Å²) in [5.74, 6) is 1.76. The predicted octanol–water partition coefficient (Wildman–Crippen LogP) is 4.16. The third-order valence-electron chi connectivity index (χ3n) is 3.95. The number of nitrogens with one attached hydrogen (secondary N) is 1. The number of rotatable bonds is 8. The summed E-state index contributed by atoms with van der Waals surface area (Å²) in [6, 6.07) is 16.3. The molecule has 1 heterocycles. The van der Waals surface area contributed by atoms with Crippen LogP contribution in [0.15, 0.2) is 54.7 Å². The molecule has 0 aliphatic heterocycles. The monoisotopic (exact) mass is 354 g/mol. The van der Waals surface area contributed by atoms with E-state index in [1.165, 1.54) is 16.0 Å². The van der Waals surface area contributed by atoms with Crippen LogP contribution in [0.25, 0.3) is 10.4 Å². The molecule has 2 aromatic carbocycles. The first-order valence-corrected chi connectivity index (χ1v) is 9.03. The van der Waals surface area contributed by atoms with Crippen LogP contribution in [0.5, 0.6) is 11.5 Å². The van der Waals surface area contributed by atoms with Crippen molar-refractivity contribution in [3.05, 3.63) is 65.3 Å². The van der Waals surface area contributed by atoms with Crippen molar-refractivity contribution in [2.75, 3.05) is 20.8 Å². The van der Waals surface area contributed by atoms with Crippen LogP contribution in [0, 0.1) is 0 Å². The van der Waals surface area contributed by atoms with Crippen LogP contribution >= 0.6 is 11.3 Å². The molecule has 3 rings (SSSR count). The van der Waals surface area contributed by atoms with E-state index in [1.54, 1.807) is 25.6 Å². The molecule has 25 heavy (non-hydrogen) atoms. The Kier molecular flexibility index (Phi) is 6.04. The zero-order valence-electron chi connectivity index (χ0n) is 14.5. The minimum absolute atomic E-state index is 0.789. The number of benzene rings is 2. The lowest BCUT2D eigenvalue weighted by atomic mass is 10.1. The fourth-order valence-electron chi connectivity index (χ4n) is 2.50. The summed E-state index contributed by atoms with van der Waals surface area (Å²) in [6.07, 6.45) is 2.92. The lowest BCUT2D eigenvalue weighted by Gasteiger charge is -2.04. The second-order valence-electron chi connectivity index (χ2n) is 5.62. The standard InChI is InChI=1S/C20H22N2O2S/c1-23-17-7-3-15(4-8-17)11-12-21-14-20-22-13-19(25-20)16-5-9-18(24-2)10-6-16/h3-10,13,21H,11-12,14H2,1-2H3. The fourth-order valence-corrected chi connectivity index (χ4v) is 3.39. The smallest absolute Gasteiger partial charge is 0.118 e. The van der Waals surface area contributed by atoms with E-state index < -0.39 is 0 Å². The van der Waals surface area contributed by atoms with Crippen molar-refractivity contribution < 1.29 is 9.47 Å². The molecule has 0 unspecified atom stereocenters.